The molecule has 1 fully saturated rings. The lowest BCUT2D eigenvalue weighted by atomic mass is 10.1. The molecular formula is C23H24ClF3N4O. The predicted molar refractivity (Wildman–Crippen MR) is 116 cm³/mol. The number of hydrogen-bond acceptors (Lipinski definition) is 3. The van der Waals surface area contributed by atoms with Crippen LogP contribution in [-0.4, -0.2) is 33.4 Å². The van der Waals surface area contributed by atoms with Gasteiger partial charge in [0.05, 0.1) is 10.6 Å². The molecule has 170 valence electrons. The molecule has 0 atom stereocenters. The third-order valence-corrected chi connectivity index (χ3v) is 5.84. The Bertz CT molecular complexity index is 1090. The standard InChI is InChI=1S/C23H24ClF3N4O/c1-14(2)20-10-16(9-17(12-28)22(32)30-7-5-4-6-8-30)15(3)31(20)21-19(24)11-18(13-29-21)23(25,26)27/h9-11,13-14H,4-8H2,1-3H3/b17-9+. The second-order valence-corrected chi connectivity index (χ2v) is 8.56. The maximum Gasteiger partial charge on any atom is 0.417 e. The number of nitriles is 1. The average Bonchev–Trinajstić information content (AvgIpc) is 3.07. The summed E-state index contributed by atoms with van der Waals surface area (Å²) in [5.74, 6) is -0.156. The van der Waals surface area contributed by atoms with Crippen molar-refractivity contribution >= 4 is 23.6 Å². The monoisotopic (exact) mass is 464 g/mol. The maximum absolute atomic E-state index is 13.0. The van der Waals surface area contributed by atoms with Crippen molar-refractivity contribution in [2.75, 3.05) is 13.1 Å². The molecule has 32 heavy (non-hydrogen) atoms. The first-order chi connectivity index (χ1) is 15.0. The van der Waals surface area contributed by atoms with Gasteiger partial charge in [-0.2, -0.15) is 18.4 Å². The van der Waals surface area contributed by atoms with Gasteiger partial charge in [-0.15, -0.1) is 0 Å². The van der Waals surface area contributed by atoms with Crippen LogP contribution in [0.1, 0.15) is 61.5 Å². The Kier molecular flexibility index (Phi) is 6.99. The number of hydrogen-bond donors (Lipinski definition) is 0. The molecule has 0 aromatic carbocycles. The zero-order chi connectivity index (χ0) is 23.6. The van der Waals surface area contributed by atoms with Crippen LogP contribution in [-0.2, 0) is 11.0 Å². The molecule has 2 aromatic rings. The number of nitrogens with zero attached hydrogens (tertiary/aromatic N) is 4. The van der Waals surface area contributed by atoms with E-state index in [0.29, 0.717) is 24.3 Å². The highest BCUT2D eigenvalue weighted by atomic mass is 35.5. The molecule has 3 rings (SSSR count). The number of carbonyl (C=O) groups excluding carboxylic acids is 1. The first kappa shape index (κ1) is 23.9. The number of carbonyl (C=O) groups is 1. The van der Waals surface area contributed by atoms with Crippen molar-refractivity contribution in [3.05, 3.63) is 51.4 Å². The van der Waals surface area contributed by atoms with Crippen LogP contribution in [0.15, 0.2) is 23.9 Å². The lowest BCUT2D eigenvalue weighted by Crippen LogP contribution is -2.36. The van der Waals surface area contributed by atoms with Crippen molar-refractivity contribution in [2.45, 2.75) is 52.1 Å². The molecule has 0 radical (unpaired) electrons. The highest BCUT2D eigenvalue weighted by molar-refractivity contribution is 6.32. The Morgan fingerprint density at radius 3 is 2.44 bits per heavy atom. The van der Waals surface area contributed by atoms with E-state index in [1.54, 1.807) is 16.4 Å². The minimum atomic E-state index is -4.55. The Morgan fingerprint density at radius 1 is 1.25 bits per heavy atom. The summed E-state index contributed by atoms with van der Waals surface area (Å²) in [5.41, 5.74) is 1.09. The fraction of sp³-hybridized carbons (Fsp3) is 0.435. The van der Waals surface area contributed by atoms with E-state index in [9.17, 15) is 23.2 Å². The zero-order valence-corrected chi connectivity index (χ0v) is 18.9. The van der Waals surface area contributed by atoms with Crippen LogP contribution in [0.2, 0.25) is 5.02 Å². The minimum Gasteiger partial charge on any atom is -0.338 e. The summed E-state index contributed by atoms with van der Waals surface area (Å²) in [6.45, 7) is 6.87. The zero-order valence-electron chi connectivity index (χ0n) is 18.1. The van der Waals surface area contributed by atoms with Gasteiger partial charge < -0.3 is 9.47 Å². The third-order valence-electron chi connectivity index (χ3n) is 5.56. The molecule has 1 amide bonds. The van der Waals surface area contributed by atoms with Crippen LogP contribution in [0.25, 0.3) is 11.9 Å². The number of aromatic nitrogens is 2. The molecule has 0 unspecified atom stereocenters. The lowest BCUT2D eigenvalue weighted by molar-refractivity contribution is -0.137. The van der Waals surface area contributed by atoms with Gasteiger partial charge in [0.2, 0.25) is 0 Å². The highest BCUT2D eigenvalue weighted by Crippen LogP contribution is 2.35. The van der Waals surface area contributed by atoms with Crippen molar-refractivity contribution in [3.63, 3.8) is 0 Å². The lowest BCUT2D eigenvalue weighted by Gasteiger charge is -2.26. The number of rotatable bonds is 4. The fourth-order valence-electron chi connectivity index (χ4n) is 3.82. The van der Waals surface area contributed by atoms with Crippen molar-refractivity contribution in [1.29, 1.82) is 5.26 Å². The fourth-order valence-corrected chi connectivity index (χ4v) is 4.07. The van der Waals surface area contributed by atoms with Crippen molar-refractivity contribution in [3.8, 4) is 11.9 Å². The van der Waals surface area contributed by atoms with Gasteiger partial charge in [0.1, 0.15) is 11.6 Å². The van der Waals surface area contributed by atoms with E-state index in [-0.39, 0.29) is 28.2 Å². The molecule has 0 spiro atoms. The van der Waals surface area contributed by atoms with Crippen molar-refractivity contribution < 1.29 is 18.0 Å². The first-order valence-corrected chi connectivity index (χ1v) is 10.8. The van der Waals surface area contributed by atoms with Crippen LogP contribution < -0.4 is 0 Å². The molecular weight excluding hydrogens is 441 g/mol. The van der Waals surface area contributed by atoms with Crippen LogP contribution in [0, 0.1) is 18.3 Å². The van der Waals surface area contributed by atoms with Crippen molar-refractivity contribution in [1.82, 2.24) is 14.5 Å². The van der Waals surface area contributed by atoms with E-state index in [0.717, 1.165) is 37.2 Å². The molecule has 5 nitrogen and oxygen atoms in total. The van der Waals surface area contributed by atoms with Gasteiger partial charge in [0.25, 0.3) is 5.91 Å². The average molecular weight is 465 g/mol. The molecule has 3 heterocycles. The molecule has 9 heteroatoms. The summed E-state index contributed by atoms with van der Waals surface area (Å²) < 4.78 is 40.8. The summed E-state index contributed by atoms with van der Waals surface area (Å²) in [6, 6.07) is 4.67. The van der Waals surface area contributed by atoms with Gasteiger partial charge in [-0.3, -0.25) is 4.79 Å². The molecule has 0 N–H and O–H groups in total. The van der Waals surface area contributed by atoms with Gasteiger partial charge in [0.15, 0.2) is 5.82 Å². The third kappa shape index (κ3) is 4.83. The van der Waals surface area contributed by atoms with Gasteiger partial charge in [-0.05, 0) is 55.9 Å². The maximum atomic E-state index is 13.0. The Labute approximate surface area is 190 Å². The number of halogens is 4. The van der Waals surface area contributed by atoms with E-state index in [1.165, 1.54) is 6.08 Å². The largest absolute Gasteiger partial charge is 0.417 e. The van der Waals surface area contributed by atoms with E-state index in [4.69, 9.17) is 11.6 Å². The van der Waals surface area contributed by atoms with Crippen LogP contribution in [0.3, 0.4) is 0 Å². The van der Waals surface area contributed by atoms with Gasteiger partial charge in [0, 0.05) is 30.7 Å². The second-order valence-electron chi connectivity index (χ2n) is 8.15. The summed E-state index contributed by atoms with van der Waals surface area (Å²) in [7, 11) is 0. The van der Waals surface area contributed by atoms with E-state index in [1.807, 2.05) is 26.0 Å². The van der Waals surface area contributed by atoms with E-state index in [2.05, 4.69) is 4.98 Å². The molecule has 1 saturated heterocycles. The van der Waals surface area contributed by atoms with E-state index >= 15 is 0 Å². The SMILES string of the molecule is Cc1c(/C=C(\C#N)C(=O)N2CCCCC2)cc(C(C)C)n1-c1ncc(C(F)(F)F)cc1Cl. The molecule has 0 bridgehead atoms. The quantitative estimate of drug-likeness (QED) is 0.418. The molecule has 2 aromatic heterocycles. The Hall–Kier alpha value is -2.79. The van der Waals surface area contributed by atoms with E-state index < -0.39 is 11.7 Å². The van der Waals surface area contributed by atoms with Gasteiger partial charge in [-0.25, -0.2) is 4.98 Å². The summed E-state index contributed by atoms with van der Waals surface area (Å²) >= 11 is 6.20. The van der Waals surface area contributed by atoms with Gasteiger partial charge >= 0.3 is 6.18 Å². The first-order valence-electron chi connectivity index (χ1n) is 10.4. The predicted octanol–water partition coefficient (Wildman–Crippen LogP) is 5.90. The topological polar surface area (TPSA) is 61.9 Å². The number of amides is 1. The molecule has 0 aliphatic carbocycles. The highest BCUT2D eigenvalue weighted by Gasteiger charge is 2.32. The van der Waals surface area contributed by atoms with Crippen molar-refractivity contribution in [2.24, 2.45) is 0 Å². The molecule has 1 aliphatic rings. The van der Waals surface area contributed by atoms with Crippen LogP contribution in [0.4, 0.5) is 13.2 Å². The Balaban J connectivity index is 2.07. The van der Waals surface area contributed by atoms with Crippen LogP contribution >= 0.6 is 11.6 Å². The number of likely N-dealkylation sites (tertiary alicyclic amines) is 1. The normalized spacial score (nSPS) is 15.2. The second kappa shape index (κ2) is 9.37. The summed E-state index contributed by atoms with van der Waals surface area (Å²) in [6.07, 6.45) is 0.626. The smallest absolute Gasteiger partial charge is 0.338 e. The number of alkyl halides is 3. The summed E-state index contributed by atoms with van der Waals surface area (Å²) in [5, 5.41) is 9.48. The molecule has 0 saturated carbocycles. The minimum absolute atomic E-state index is 0.0145. The number of piperidine rings is 1. The Morgan fingerprint density at radius 2 is 1.91 bits per heavy atom. The van der Waals surface area contributed by atoms with Gasteiger partial charge in [-0.1, -0.05) is 25.4 Å². The molecule has 1 aliphatic heterocycles. The summed E-state index contributed by atoms with van der Waals surface area (Å²) in [4.78, 5) is 18.5. The van der Waals surface area contributed by atoms with Crippen LogP contribution in [0.5, 0.6) is 0 Å². The number of pyridine rings is 1.